The summed E-state index contributed by atoms with van der Waals surface area (Å²) in [6.45, 7) is 0. The largest absolute Gasteiger partial charge is 0.337 e. The van der Waals surface area contributed by atoms with Gasteiger partial charge in [-0.15, -0.1) is 0 Å². The first-order chi connectivity index (χ1) is 24.6. The number of nitriles is 3. The number of hydrogen-bond donors (Lipinski definition) is 0. The molecule has 0 radical (unpaired) electrons. The molecule has 0 amide bonds. The number of fused-ring (bicyclic) bond motifs is 6. The second-order valence-electron chi connectivity index (χ2n) is 13.0. The number of anilines is 2. The van der Waals surface area contributed by atoms with Crippen LogP contribution >= 0.6 is 0 Å². The summed E-state index contributed by atoms with van der Waals surface area (Å²) in [4.78, 5) is 2.44. The Morgan fingerprint density at radius 1 is 0.560 bits per heavy atom. The van der Waals surface area contributed by atoms with Crippen LogP contribution in [0.4, 0.5) is 11.4 Å². The molecule has 0 spiro atoms. The highest BCUT2D eigenvalue weighted by Crippen LogP contribution is 2.51. The third-order valence-electron chi connectivity index (χ3n) is 10.2. The van der Waals surface area contributed by atoms with E-state index < -0.39 is 0 Å². The molecule has 1 aliphatic carbocycles. The summed E-state index contributed by atoms with van der Waals surface area (Å²) in [5, 5.41) is 32.5. The van der Waals surface area contributed by atoms with Crippen LogP contribution in [0.2, 0.25) is 0 Å². The van der Waals surface area contributed by atoms with E-state index in [-0.39, 0.29) is 12.0 Å². The van der Waals surface area contributed by atoms with Crippen molar-refractivity contribution in [3.63, 3.8) is 0 Å². The molecular weight excluding hydrogens is 611 g/mol. The Kier molecular flexibility index (Phi) is 6.84. The topological polar surface area (TPSA) is 79.5 Å². The monoisotopic (exact) mass is 639 g/mol. The van der Waals surface area contributed by atoms with E-state index in [0.29, 0.717) is 16.7 Å². The number of allylic oxidation sites excluding steroid dienone is 1. The average Bonchev–Trinajstić information content (AvgIpc) is 3.70. The molecular formula is C45H29N5. The van der Waals surface area contributed by atoms with Gasteiger partial charge in [-0.25, -0.2) is 0 Å². The van der Waals surface area contributed by atoms with Crippen molar-refractivity contribution in [1.82, 2.24) is 4.57 Å². The molecule has 2 heterocycles. The fourth-order valence-electron chi connectivity index (χ4n) is 8.13. The van der Waals surface area contributed by atoms with E-state index in [0.717, 1.165) is 74.0 Å². The molecule has 0 bridgehead atoms. The number of nitrogens with zero attached hydrogens (tertiary/aromatic N) is 5. The van der Waals surface area contributed by atoms with Crippen LogP contribution in [0.3, 0.4) is 0 Å². The van der Waals surface area contributed by atoms with Crippen LogP contribution in [0.15, 0.2) is 140 Å². The van der Waals surface area contributed by atoms with Gasteiger partial charge in [-0.3, -0.25) is 0 Å². The summed E-state index contributed by atoms with van der Waals surface area (Å²) in [6.07, 6.45) is 6.55. The molecule has 234 valence electrons. The predicted molar refractivity (Wildman–Crippen MR) is 199 cm³/mol. The average molecular weight is 640 g/mol. The van der Waals surface area contributed by atoms with Gasteiger partial charge in [0.15, 0.2) is 0 Å². The summed E-state index contributed by atoms with van der Waals surface area (Å²) >= 11 is 0. The van der Waals surface area contributed by atoms with Crippen molar-refractivity contribution in [2.45, 2.75) is 24.8 Å². The Labute approximate surface area is 290 Å². The Hall–Kier alpha value is -6.87. The summed E-state index contributed by atoms with van der Waals surface area (Å²) in [5.74, 6) is 0.203. The first-order valence-corrected chi connectivity index (χ1v) is 16.8. The standard InChI is InChI=1S/C45H29N5/c46-26-29-17-18-45-40(23-29)39-12-4-8-16-44(39)50(45)41-13-5-1-9-36(41)34-21-30(27-47)19-32(24-34)33-20-31(28-48)22-35(25-33)49-42-14-6-2-10-37(42)38-11-3-7-15-43(38)49/h1-7,9-15,17-25,39,44H,8,16H2. The zero-order chi connectivity index (χ0) is 33.8. The van der Waals surface area contributed by atoms with Crippen molar-refractivity contribution in [2.75, 3.05) is 4.90 Å². The van der Waals surface area contributed by atoms with Crippen molar-refractivity contribution in [3.8, 4) is 46.1 Å². The van der Waals surface area contributed by atoms with Crippen LogP contribution in [0, 0.1) is 34.0 Å². The summed E-state index contributed by atoms with van der Waals surface area (Å²) in [6, 6.07) is 50.4. The van der Waals surface area contributed by atoms with E-state index >= 15 is 0 Å². The van der Waals surface area contributed by atoms with Gasteiger partial charge in [0, 0.05) is 45.4 Å². The molecule has 5 nitrogen and oxygen atoms in total. The number of rotatable bonds is 4. The lowest BCUT2D eigenvalue weighted by molar-refractivity contribution is 0.565. The van der Waals surface area contributed by atoms with Gasteiger partial charge >= 0.3 is 0 Å². The van der Waals surface area contributed by atoms with Gasteiger partial charge in [0.05, 0.1) is 45.9 Å². The van der Waals surface area contributed by atoms with Gasteiger partial charge in [-0.1, -0.05) is 66.7 Å². The lowest BCUT2D eigenvalue weighted by Crippen LogP contribution is -2.31. The molecule has 5 heteroatoms. The van der Waals surface area contributed by atoms with Crippen molar-refractivity contribution >= 4 is 33.2 Å². The molecule has 0 saturated carbocycles. The molecule has 2 aliphatic rings. The van der Waals surface area contributed by atoms with Crippen LogP contribution < -0.4 is 4.90 Å². The van der Waals surface area contributed by atoms with Crippen LogP contribution in [0.1, 0.15) is 41.0 Å². The van der Waals surface area contributed by atoms with E-state index in [9.17, 15) is 15.8 Å². The predicted octanol–water partition coefficient (Wildman–Crippen LogP) is 10.7. The SMILES string of the molecule is N#Cc1cc(-c2cc(C#N)cc(-n3c4ccccc4c4ccccc43)c2)cc(-c2ccccc2N2c3ccc(C#N)cc3C3C=CCCC32)c1. The summed E-state index contributed by atoms with van der Waals surface area (Å²) in [7, 11) is 0. The minimum Gasteiger partial charge on any atom is -0.337 e. The van der Waals surface area contributed by atoms with Crippen LogP contribution in [-0.2, 0) is 0 Å². The van der Waals surface area contributed by atoms with Crippen LogP contribution in [0.25, 0.3) is 49.7 Å². The zero-order valence-electron chi connectivity index (χ0n) is 27.1. The second kappa shape index (κ2) is 11.7. The minimum absolute atomic E-state index is 0.203. The fourth-order valence-corrected chi connectivity index (χ4v) is 8.13. The van der Waals surface area contributed by atoms with Crippen LogP contribution in [-0.4, -0.2) is 10.6 Å². The Morgan fingerprint density at radius 3 is 1.94 bits per heavy atom. The molecule has 6 aromatic carbocycles. The minimum atomic E-state index is 0.203. The van der Waals surface area contributed by atoms with Gasteiger partial charge < -0.3 is 9.47 Å². The van der Waals surface area contributed by atoms with E-state index in [2.05, 4.69) is 113 Å². The third-order valence-corrected chi connectivity index (χ3v) is 10.2. The van der Waals surface area contributed by atoms with Gasteiger partial charge in [-0.05, 0) is 108 Å². The molecule has 1 aliphatic heterocycles. The Bertz CT molecular complexity index is 2620. The van der Waals surface area contributed by atoms with Gasteiger partial charge in [0.1, 0.15) is 0 Å². The molecule has 7 aromatic rings. The molecule has 2 unspecified atom stereocenters. The molecule has 0 saturated heterocycles. The van der Waals surface area contributed by atoms with Crippen molar-refractivity contribution in [1.29, 1.82) is 15.8 Å². The van der Waals surface area contributed by atoms with Crippen molar-refractivity contribution < 1.29 is 0 Å². The molecule has 9 rings (SSSR count). The molecule has 0 N–H and O–H groups in total. The number of para-hydroxylation sites is 3. The third kappa shape index (κ3) is 4.59. The first-order valence-electron chi connectivity index (χ1n) is 16.8. The molecule has 2 atom stereocenters. The fraction of sp³-hybridized carbons (Fsp3) is 0.0889. The van der Waals surface area contributed by atoms with Gasteiger partial charge in [-0.2, -0.15) is 15.8 Å². The highest BCUT2D eigenvalue weighted by molar-refractivity contribution is 6.09. The maximum absolute atomic E-state index is 10.3. The number of hydrogen-bond acceptors (Lipinski definition) is 4. The molecule has 50 heavy (non-hydrogen) atoms. The Morgan fingerprint density at radius 2 is 1.20 bits per heavy atom. The van der Waals surface area contributed by atoms with E-state index in [1.807, 2.05) is 54.6 Å². The highest BCUT2D eigenvalue weighted by atomic mass is 15.2. The maximum Gasteiger partial charge on any atom is 0.0992 e. The lowest BCUT2D eigenvalue weighted by atomic mass is 9.87. The quantitative estimate of drug-likeness (QED) is 0.180. The zero-order valence-corrected chi connectivity index (χ0v) is 27.1. The van der Waals surface area contributed by atoms with E-state index in [1.165, 1.54) is 5.56 Å². The molecule has 0 fully saturated rings. The van der Waals surface area contributed by atoms with Crippen LogP contribution in [0.5, 0.6) is 0 Å². The smallest absolute Gasteiger partial charge is 0.0992 e. The van der Waals surface area contributed by atoms with Gasteiger partial charge in [0.2, 0.25) is 0 Å². The summed E-state index contributed by atoms with van der Waals surface area (Å²) in [5.41, 5.74) is 11.8. The number of aromatic nitrogens is 1. The van der Waals surface area contributed by atoms with Crippen molar-refractivity contribution in [2.24, 2.45) is 0 Å². The highest BCUT2D eigenvalue weighted by Gasteiger charge is 2.39. The maximum atomic E-state index is 10.3. The van der Waals surface area contributed by atoms with Crippen molar-refractivity contribution in [3.05, 3.63) is 162 Å². The molecule has 1 aromatic heterocycles. The Balaban J connectivity index is 1.22. The lowest BCUT2D eigenvalue weighted by Gasteiger charge is -2.33. The first kappa shape index (κ1) is 29.3. The van der Waals surface area contributed by atoms with E-state index in [1.54, 1.807) is 0 Å². The number of benzene rings is 6. The van der Waals surface area contributed by atoms with Gasteiger partial charge in [0.25, 0.3) is 0 Å². The van der Waals surface area contributed by atoms with E-state index in [4.69, 9.17) is 0 Å². The normalized spacial score (nSPS) is 16.1. The summed E-state index contributed by atoms with van der Waals surface area (Å²) < 4.78 is 2.22. The second-order valence-corrected chi connectivity index (χ2v) is 13.0.